The summed E-state index contributed by atoms with van der Waals surface area (Å²) >= 11 is 6.91. The van der Waals surface area contributed by atoms with Gasteiger partial charge < -0.3 is 4.52 Å². The Morgan fingerprint density at radius 2 is 1.87 bits per heavy atom. The van der Waals surface area contributed by atoms with Crippen LogP contribution in [0.5, 0.6) is 0 Å². The third kappa shape index (κ3) is 5.16. The predicted octanol–water partition coefficient (Wildman–Crippen LogP) is 3.31. The monoisotopic (exact) mass is 480 g/mol. The third-order valence-corrected chi connectivity index (χ3v) is 8.56. The fourth-order valence-corrected chi connectivity index (χ4v) is 6.33. The summed E-state index contributed by atoms with van der Waals surface area (Å²) in [7, 11) is -3.55. The third-order valence-electron chi connectivity index (χ3n) is 4.96. The minimum Gasteiger partial charge on any atom is -0.338 e. The zero-order chi connectivity index (χ0) is 22.0. The van der Waals surface area contributed by atoms with Gasteiger partial charge in [0.15, 0.2) is 0 Å². The average molecular weight is 481 g/mol. The van der Waals surface area contributed by atoms with Crippen LogP contribution < -0.4 is 5.32 Å². The molecule has 11 heteroatoms. The number of anilines is 1. The Morgan fingerprint density at radius 1 is 1.16 bits per heavy atom. The molecule has 0 unspecified atom stereocenters. The van der Waals surface area contributed by atoms with Crippen LogP contribution in [0.2, 0.25) is 4.34 Å². The molecule has 0 radical (unpaired) electrons. The molecule has 164 valence electrons. The molecule has 0 atom stereocenters. The number of hydrogen-bond acceptors (Lipinski definition) is 7. The summed E-state index contributed by atoms with van der Waals surface area (Å²) in [4.78, 5) is 14.3. The van der Waals surface area contributed by atoms with E-state index in [-0.39, 0.29) is 22.5 Å². The highest BCUT2D eigenvalue weighted by Crippen LogP contribution is 2.28. The van der Waals surface area contributed by atoms with Crippen LogP contribution in [0, 0.1) is 6.92 Å². The molecule has 1 aliphatic rings. The molecule has 0 bridgehead atoms. The number of aryl methyl sites for hydroxylation is 1. The number of carbonyl (C=O) groups is 1. The maximum Gasteiger partial charge on any atom is 0.252 e. The van der Waals surface area contributed by atoms with Crippen LogP contribution in [0.25, 0.3) is 11.3 Å². The molecule has 2 aromatic heterocycles. The maximum atomic E-state index is 12.7. The molecule has 3 aromatic rings. The highest BCUT2D eigenvalue weighted by atomic mass is 35.5. The molecule has 0 aliphatic carbocycles. The maximum absolute atomic E-state index is 12.7. The van der Waals surface area contributed by atoms with Gasteiger partial charge in [-0.3, -0.25) is 15.0 Å². The van der Waals surface area contributed by atoms with Gasteiger partial charge >= 0.3 is 0 Å². The number of carbonyl (C=O) groups excluding carboxylic acids is 1. The number of rotatable bonds is 6. The van der Waals surface area contributed by atoms with E-state index in [1.807, 2.05) is 36.1 Å². The van der Waals surface area contributed by atoms with Crippen LogP contribution >= 0.6 is 22.9 Å². The molecule has 4 rings (SSSR count). The summed E-state index contributed by atoms with van der Waals surface area (Å²) in [6.07, 6.45) is 0. The van der Waals surface area contributed by atoms with Crippen LogP contribution in [0.15, 0.2) is 51.2 Å². The van der Waals surface area contributed by atoms with Crippen LogP contribution in [0.4, 0.5) is 5.88 Å². The number of amides is 1. The van der Waals surface area contributed by atoms with Crippen molar-refractivity contribution in [2.24, 2.45) is 0 Å². The predicted molar refractivity (Wildman–Crippen MR) is 120 cm³/mol. The molecule has 1 aliphatic heterocycles. The van der Waals surface area contributed by atoms with E-state index < -0.39 is 10.0 Å². The highest BCUT2D eigenvalue weighted by Gasteiger charge is 2.30. The fourth-order valence-electron chi connectivity index (χ4n) is 3.27. The van der Waals surface area contributed by atoms with E-state index in [0.29, 0.717) is 36.2 Å². The van der Waals surface area contributed by atoms with Crippen molar-refractivity contribution in [1.82, 2.24) is 14.4 Å². The number of halogens is 1. The lowest BCUT2D eigenvalue weighted by atomic mass is 10.1. The number of benzene rings is 1. The van der Waals surface area contributed by atoms with Crippen molar-refractivity contribution in [1.29, 1.82) is 0 Å². The summed E-state index contributed by atoms with van der Waals surface area (Å²) < 4.78 is 32.7. The lowest BCUT2D eigenvalue weighted by molar-refractivity contribution is -0.117. The first-order valence-electron chi connectivity index (χ1n) is 9.63. The molecule has 1 N–H and O–H groups in total. The molecule has 1 amide bonds. The summed E-state index contributed by atoms with van der Waals surface area (Å²) in [5.74, 6) is 0.0318. The van der Waals surface area contributed by atoms with E-state index in [9.17, 15) is 13.2 Å². The van der Waals surface area contributed by atoms with Gasteiger partial charge in [0.2, 0.25) is 11.8 Å². The van der Waals surface area contributed by atoms with E-state index in [1.54, 1.807) is 12.1 Å². The Kier molecular flexibility index (Phi) is 6.44. The van der Waals surface area contributed by atoms with E-state index >= 15 is 0 Å². The van der Waals surface area contributed by atoms with Gasteiger partial charge in [-0.05, 0) is 19.1 Å². The Balaban J connectivity index is 1.29. The van der Waals surface area contributed by atoms with Crippen molar-refractivity contribution in [2.75, 3.05) is 38.0 Å². The van der Waals surface area contributed by atoms with Gasteiger partial charge in [-0.25, -0.2) is 8.42 Å². The Morgan fingerprint density at radius 3 is 2.52 bits per heavy atom. The second kappa shape index (κ2) is 9.09. The second-order valence-corrected chi connectivity index (χ2v) is 11.1. The first kappa shape index (κ1) is 22.0. The number of hydrogen-bond donors (Lipinski definition) is 1. The Labute approximate surface area is 189 Å². The molecule has 1 fully saturated rings. The minimum atomic E-state index is -3.55. The van der Waals surface area contributed by atoms with Crippen molar-refractivity contribution in [3.63, 3.8) is 0 Å². The van der Waals surface area contributed by atoms with Crippen molar-refractivity contribution in [2.45, 2.75) is 11.1 Å². The summed E-state index contributed by atoms with van der Waals surface area (Å²) in [5.41, 5.74) is 2.69. The van der Waals surface area contributed by atoms with Gasteiger partial charge in [0.1, 0.15) is 9.90 Å². The van der Waals surface area contributed by atoms with Gasteiger partial charge in [-0.2, -0.15) is 4.31 Å². The lowest BCUT2D eigenvalue weighted by Gasteiger charge is -2.33. The SMILES string of the molecule is Cc1ccc(-c2cc(NC(=O)CN3CCN(S(=O)(=O)c4ccc(Cl)s4)CC3)on2)cc1. The number of piperazine rings is 1. The van der Waals surface area contributed by atoms with Gasteiger partial charge in [0.25, 0.3) is 10.0 Å². The molecule has 3 heterocycles. The molecule has 8 nitrogen and oxygen atoms in total. The largest absolute Gasteiger partial charge is 0.338 e. The standard InChI is InChI=1S/C20H21ClN4O4S2/c1-14-2-4-15(5-3-14)16-12-19(29-23-16)22-18(26)13-24-8-10-25(11-9-24)31(27,28)20-7-6-17(21)30-20/h2-7,12H,8-11,13H2,1H3,(H,22,26). The Hall–Kier alpha value is -2.24. The summed E-state index contributed by atoms with van der Waals surface area (Å²) in [5, 5.41) is 6.70. The normalized spacial score (nSPS) is 15.8. The number of thiophene rings is 1. The molecule has 1 saturated heterocycles. The van der Waals surface area contributed by atoms with Gasteiger partial charge in [0, 0.05) is 37.8 Å². The second-order valence-electron chi connectivity index (χ2n) is 7.23. The lowest BCUT2D eigenvalue weighted by Crippen LogP contribution is -2.50. The van der Waals surface area contributed by atoms with Crippen LogP contribution in [0.1, 0.15) is 5.56 Å². The van der Waals surface area contributed by atoms with Gasteiger partial charge in [-0.15, -0.1) is 11.3 Å². The molecule has 0 spiro atoms. The first-order valence-corrected chi connectivity index (χ1v) is 12.3. The van der Waals surface area contributed by atoms with Crippen molar-refractivity contribution in [3.8, 4) is 11.3 Å². The van der Waals surface area contributed by atoms with E-state index in [4.69, 9.17) is 16.1 Å². The number of aromatic nitrogens is 1. The molecular weight excluding hydrogens is 460 g/mol. The quantitative estimate of drug-likeness (QED) is 0.581. The topological polar surface area (TPSA) is 95.8 Å². The zero-order valence-electron chi connectivity index (χ0n) is 16.7. The number of sulfonamides is 1. The number of nitrogens with zero attached hydrogens (tertiary/aromatic N) is 3. The van der Waals surface area contributed by atoms with E-state index in [1.165, 1.54) is 10.4 Å². The summed E-state index contributed by atoms with van der Waals surface area (Å²) in [6.45, 7) is 3.67. The summed E-state index contributed by atoms with van der Waals surface area (Å²) in [6, 6.07) is 12.6. The highest BCUT2D eigenvalue weighted by molar-refractivity contribution is 7.91. The van der Waals surface area contributed by atoms with Crippen molar-refractivity contribution >= 4 is 44.8 Å². The molecule has 0 saturated carbocycles. The van der Waals surface area contributed by atoms with Crippen molar-refractivity contribution < 1.29 is 17.7 Å². The van der Waals surface area contributed by atoms with E-state index in [0.717, 1.165) is 22.5 Å². The zero-order valence-corrected chi connectivity index (χ0v) is 19.1. The fraction of sp³-hybridized carbons (Fsp3) is 0.300. The number of nitrogens with one attached hydrogen (secondary N) is 1. The molecule has 1 aromatic carbocycles. The molecule has 31 heavy (non-hydrogen) atoms. The smallest absolute Gasteiger partial charge is 0.252 e. The van der Waals surface area contributed by atoms with Gasteiger partial charge in [0.05, 0.1) is 10.9 Å². The van der Waals surface area contributed by atoms with Crippen molar-refractivity contribution in [3.05, 3.63) is 52.4 Å². The van der Waals surface area contributed by atoms with Crippen LogP contribution in [0.3, 0.4) is 0 Å². The average Bonchev–Trinajstić information content (AvgIpc) is 3.38. The van der Waals surface area contributed by atoms with Crippen LogP contribution in [-0.2, 0) is 14.8 Å². The molecular formula is C20H21ClN4O4S2. The van der Waals surface area contributed by atoms with Crippen LogP contribution in [-0.4, -0.2) is 61.4 Å². The Bertz CT molecular complexity index is 1170. The first-order chi connectivity index (χ1) is 14.8. The van der Waals surface area contributed by atoms with E-state index in [2.05, 4.69) is 10.5 Å². The minimum absolute atomic E-state index is 0.138. The van der Waals surface area contributed by atoms with Gasteiger partial charge in [-0.1, -0.05) is 46.6 Å².